The van der Waals surface area contributed by atoms with E-state index in [9.17, 15) is 24.0 Å². The number of amides is 1. The summed E-state index contributed by atoms with van der Waals surface area (Å²) >= 11 is 0. The topological polar surface area (TPSA) is 167 Å². The SMILES string of the molecule is CN1CC(N[C@@H](CCC(=O)O)C(=O)C(=O)[C@@H](N)CCC(=O)O)CC1=O. The van der Waals surface area contributed by atoms with E-state index in [1.54, 1.807) is 7.05 Å². The lowest BCUT2D eigenvalue weighted by Gasteiger charge is -2.21. The number of likely N-dealkylation sites (N-methyl/N-ethyl adjacent to an activating group) is 1. The number of aliphatic carboxylic acids is 2. The van der Waals surface area contributed by atoms with Gasteiger partial charge >= 0.3 is 11.9 Å². The number of nitrogens with zero attached hydrogens (tertiary/aromatic N) is 1. The van der Waals surface area contributed by atoms with Gasteiger partial charge in [-0.05, 0) is 12.8 Å². The average Bonchev–Trinajstić information content (AvgIpc) is 2.85. The zero-order valence-electron chi connectivity index (χ0n) is 13.9. The predicted octanol–water partition coefficient (Wildman–Crippen LogP) is -1.63. The van der Waals surface area contributed by atoms with Gasteiger partial charge in [0, 0.05) is 38.9 Å². The van der Waals surface area contributed by atoms with Crippen molar-refractivity contribution in [1.82, 2.24) is 10.2 Å². The highest BCUT2D eigenvalue weighted by Crippen LogP contribution is 2.12. The van der Waals surface area contributed by atoms with Crippen LogP contribution in [0.25, 0.3) is 0 Å². The Hall–Kier alpha value is -2.33. The number of carbonyl (C=O) groups is 5. The molecule has 0 aromatic rings. The first kappa shape index (κ1) is 20.7. The van der Waals surface area contributed by atoms with Gasteiger partial charge in [0.1, 0.15) is 0 Å². The van der Waals surface area contributed by atoms with Gasteiger partial charge in [-0.1, -0.05) is 0 Å². The quantitative estimate of drug-likeness (QED) is 0.317. The maximum atomic E-state index is 12.4. The van der Waals surface area contributed by atoms with Crippen LogP contribution in [0.1, 0.15) is 32.1 Å². The van der Waals surface area contributed by atoms with E-state index in [4.69, 9.17) is 15.9 Å². The number of carbonyl (C=O) groups excluding carboxylic acids is 3. The molecule has 0 spiro atoms. The van der Waals surface area contributed by atoms with Gasteiger partial charge in [-0.3, -0.25) is 24.0 Å². The third-order valence-electron chi connectivity index (χ3n) is 3.99. The highest BCUT2D eigenvalue weighted by atomic mass is 16.4. The van der Waals surface area contributed by atoms with E-state index < -0.39 is 35.6 Å². The first-order valence-electron chi connectivity index (χ1n) is 7.89. The van der Waals surface area contributed by atoms with Crippen molar-refractivity contribution >= 4 is 29.4 Å². The summed E-state index contributed by atoms with van der Waals surface area (Å²) in [4.78, 5) is 58.8. The Balaban J connectivity index is 2.74. The lowest BCUT2D eigenvalue weighted by Crippen LogP contribution is -2.50. The van der Waals surface area contributed by atoms with E-state index >= 15 is 0 Å². The van der Waals surface area contributed by atoms with Crippen molar-refractivity contribution in [2.45, 2.75) is 50.2 Å². The van der Waals surface area contributed by atoms with Crippen LogP contribution >= 0.6 is 0 Å². The summed E-state index contributed by atoms with van der Waals surface area (Å²) in [7, 11) is 1.60. The third-order valence-corrected chi connectivity index (χ3v) is 3.99. The lowest BCUT2D eigenvalue weighted by atomic mass is 9.96. The van der Waals surface area contributed by atoms with Crippen LogP contribution in [0.2, 0.25) is 0 Å². The van der Waals surface area contributed by atoms with Crippen molar-refractivity contribution in [3.05, 3.63) is 0 Å². The Morgan fingerprint density at radius 3 is 2.20 bits per heavy atom. The van der Waals surface area contributed by atoms with Crippen molar-refractivity contribution in [1.29, 1.82) is 0 Å². The molecule has 5 N–H and O–H groups in total. The van der Waals surface area contributed by atoms with Crippen molar-refractivity contribution in [3.8, 4) is 0 Å². The molecule has 1 aliphatic rings. The maximum absolute atomic E-state index is 12.4. The second-order valence-corrected chi connectivity index (χ2v) is 6.09. The molecule has 0 bridgehead atoms. The first-order chi connectivity index (χ1) is 11.6. The molecule has 1 rings (SSSR count). The first-order valence-corrected chi connectivity index (χ1v) is 7.89. The van der Waals surface area contributed by atoms with Gasteiger partial charge in [0.2, 0.25) is 17.5 Å². The van der Waals surface area contributed by atoms with Crippen molar-refractivity contribution in [2.24, 2.45) is 5.73 Å². The zero-order chi connectivity index (χ0) is 19.1. The molecular formula is C15H23N3O7. The summed E-state index contributed by atoms with van der Waals surface area (Å²) in [6.07, 6.45) is -0.852. The number of nitrogens with two attached hydrogens (primary N) is 1. The van der Waals surface area contributed by atoms with Gasteiger partial charge in [0.15, 0.2) is 0 Å². The van der Waals surface area contributed by atoms with Crippen LogP contribution in [0, 0.1) is 0 Å². The Kier molecular flexibility index (Phi) is 7.65. The van der Waals surface area contributed by atoms with Gasteiger partial charge < -0.3 is 26.2 Å². The Bertz CT molecular complexity index is 563. The number of carboxylic acid groups (broad SMARTS) is 2. The largest absolute Gasteiger partial charge is 0.481 e. The molecule has 1 aliphatic heterocycles. The molecule has 10 nitrogen and oxygen atoms in total. The van der Waals surface area contributed by atoms with Crippen LogP contribution < -0.4 is 11.1 Å². The van der Waals surface area contributed by atoms with E-state index in [2.05, 4.69) is 5.32 Å². The summed E-state index contributed by atoms with van der Waals surface area (Å²) in [5.74, 6) is -4.21. The molecular weight excluding hydrogens is 334 g/mol. The van der Waals surface area contributed by atoms with Crippen molar-refractivity contribution in [2.75, 3.05) is 13.6 Å². The second kappa shape index (κ2) is 9.23. The van der Waals surface area contributed by atoms with E-state index in [0.717, 1.165) is 0 Å². The van der Waals surface area contributed by atoms with E-state index in [1.165, 1.54) is 4.90 Å². The summed E-state index contributed by atoms with van der Waals surface area (Å²) in [6, 6.07) is -2.71. The van der Waals surface area contributed by atoms with Crippen LogP contribution in [0.15, 0.2) is 0 Å². The van der Waals surface area contributed by atoms with Crippen molar-refractivity contribution in [3.63, 3.8) is 0 Å². The lowest BCUT2D eigenvalue weighted by molar-refractivity contribution is -0.141. The minimum Gasteiger partial charge on any atom is -0.481 e. The molecule has 0 aromatic heterocycles. The number of Topliss-reactive ketones (excluding diaryl/α,β-unsaturated/α-hetero) is 2. The molecule has 3 atom stereocenters. The fourth-order valence-electron chi connectivity index (χ4n) is 2.58. The van der Waals surface area contributed by atoms with Gasteiger partial charge in [-0.25, -0.2) is 0 Å². The Morgan fingerprint density at radius 1 is 1.16 bits per heavy atom. The normalized spacial score (nSPS) is 19.5. The van der Waals surface area contributed by atoms with Gasteiger partial charge in [-0.2, -0.15) is 0 Å². The molecule has 1 saturated heterocycles. The van der Waals surface area contributed by atoms with Crippen LogP contribution in [-0.2, 0) is 24.0 Å². The van der Waals surface area contributed by atoms with Gasteiger partial charge in [-0.15, -0.1) is 0 Å². The van der Waals surface area contributed by atoms with E-state index in [1.807, 2.05) is 0 Å². The van der Waals surface area contributed by atoms with Gasteiger partial charge in [0.05, 0.1) is 12.1 Å². The number of ketones is 2. The average molecular weight is 357 g/mol. The Morgan fingerprint density at radius 2 is 1.72 bits per heavy atom. The van der Waals surface area contributed by atoms with Crippen molar-refractivity contribution < 1.29 is 34.2 Å². The molecule has 140 valence electrons. The van der Waals surface area contributed by atoms with Crippen LogP contribution in [0.3, 0.4) is 0 Å². The number of carboxylic acids is 2. The standard InChI is InChI=1S/C15H23N3O7/c1-18-7-8(6-11(18)19)17-10(3-5-13(22)23)15(25)14(24)9(16)2-4-12(20)21/h8-10,17H,2-7,16H2,1H3,(H,20,21)(H,22,23)/t8?,9-,10-/m0/s1. The predicted molar refractivity (Wildman–Crippen MR) is 84.7 cm³/mol. The molecule has 10 heteroatoms. The minimum absolute atomic E-state index is 0.119. The summed E-state index contributed by atoms with van der Waals surface area (Å²) in [6.45, 7) is 0.342. The molecule has 0 saturated carbocycles. The van der Waals surface area contributed by atoms with E-state index in [0.29, 0.717) is 6.54 Å². The summed E-state index contributed by atoms with van der Waals surface area (Å²) in [5, 5.41) is 20.3. The number of likely N-dealkylation sites (tertiary alicyclic amines) is 1. The highest BCUT2D eigenvalue weighted by molar-refractivity contribution is 6.41. The smallest absolute Gasteiger partial charge is 0.303 e. The fraction of sp³-hybridized carbons (Fsp3) is 0.667. The molecule has 0 aromatic carbocycles. The molecule has 1 amide bonds. The van der Waals surface area contributed by atoms with Crippen LogP contribution in [0.5, 0.6) is 0 Å². The van der Waals surface area contributed by atoms with E-state index in [-0.39, 0.29) is 44.1 Å². The number of hydrogen-bond donors (Lipinski definition) is 4. The monoisotopic (exact) mass is 357 g/mol. The molecule has 1 unspecified atom stereocenters. The molecule has 0 aliphatic carbocycles. The van der Waals surface area contributed by atoms with Crippen LogP contribution in [0.4, 0.5) is 0 Å². The summed E-state index contributed by atoms with van der Waals surface area (Å²) < 4.78 is 0. The number of nitrogens with one attached hydrogen (secondary N) is 1. The molecule has 0 radical (unpaired) electrons. The van der Waals surface area contributed by atoms with Crippen LogP contribution in [-0.4, -0.2) is 76.2 Å². The second-order valence-electron chi connectivity index (χ2n) is 6.09. The Labute approximate surface area is 144 Å². The number of rotatable bonds is 11. The summed E-state index contributed by atoms with van der Waals surface area (Å²) in [5.41, 5.74) is 5.57. The fourth-order valence-corrected chi connectivity index (χ4v) is 2.58. The maximum Gasteiger partial charge on any atom is 0.303 e. The van der Waals surface area contributed by atoms with Gasteiger partial charge in [0.25, 0.3) is 0 Å². The molecule has 1 heterocycles. The molecule has 25 heavy (non-hydrogen) atoms. The highest BCUT2D eigenvalue weighted by Gasteiger charge is 2.34. The minimum atomic E-state index is -1.26. The number of hydrogen-bond acceptors (Lipinski definition) is 7. The molecule has 1 fully saturated rings. The third kappa shape index (κ3) is 6.59. The zero-order valence-corrected chi connectivity index (χ0v) is 13.9.